The number of aryl methyl sites for hydroxylation is 1. The smallest absolute Gasteiger partial charge is 0.313 e. The normalized spacial score (nSPS) is 10.9. The molecule has 0 bridgehead atoms. The zero-order valence-corrected chi connectivity index (χ0v) is 12.5. The molecule has 1 heterocycles. The van der Waals surface area contributed by atoms with E-state index in [1.54, 1.807) is 0 Å². The number of nitrogens with zero attached hydrogens (tertiary/aromatic N) is 2. The summed E-state index contributed by atoms with van der Waals surface area (Å²) in [6, 6.07) is 1.73. The molecule has 0 fully saturated rings. The largest absolute Gasteiger partial charge is 0.481 e. The van der Waals surface area contributed by atoms with Crippen LogP contribution in [0.25, 0.3) is 5.69 Å². The van der Waals surface area contributed by atoms with Crippen molar-refractivity contribution in [3.05, 3.63) is 40.7 Å². The van der Waals surface area contributed by atoms with E-state index in [4.69, 9.17) is 16.7 Å². The monoisotopic (exact) mass is 332 g/mol. The topological polar surface area (TPSA) is 55.1 Å². The molecular weight excluding hydrogens is 322 g/mol. The summed E-state index contributed by atoms with van der Waals surface area (Å²) in [6.45, 7) is 1.84. The molecule has 1 N–H and O–H groups in total. The fourth-order valence-corrected chi connectivity index (χ4v) is 2.83. The first-order valence-corrected chi connectivity index (χ1v) is 7.36. The minimum atomic E-state index is -1.02. The van der Waals surface area contributed by atoms with E-state index >= 15 is 0 Å². The highest BCUT2D eigenvalue weighted by Crippen LogP contribution is 2.31. The van der Waals surface area contributed by atoms with Gasteiger partial charge in [-0.25, -0.2) is 13.8 Å². The Hall–Kier alpha value is -1.60. The number of carboxylic acid groups (broad SMARTS) is 1. The number of benzene rings is 1. The van der Waals surface area contributed by atoms with Gasteiger partial charge in [-0.15, -0.1) is 0 Å². The van der Waals surface area contributed by atoms with E-state index in [1.807, 2.05) is 6.92 Å². The van der Waals surface area contributed by atoms with Gasteiger partial charge in [0.1, 0.15) is 11.5 Å². The number of halogens is 3. The summed E-state index contributed by atoms with van der Waals surface area (Å²) in [4.78, 5) is 14.8. The van der Waals surface area contributed by atoms with Gasteiger partial charge in [-0.2, -0.15) is 0 Å². The van der Waals surface area contributed by atoms with Gasteiger partial charge in [0.15, 0.2) is 11.0 Å². The van der Waals surface area contributed by atoms with E-state index in [1.165, 1.54) is 10.8 Å². The van der Waals surface area contributed by atoms with Crippen LogP contribution >= 0.6 is 23.4 Å². The second-order valence-electron chi connectivity index (χ2n) is 4.12. The zero-order valence-electron chi connectivity index (χ0n) is 10.9. The summed E-state index contributed by atoms with van der Waals surface area (Å²) in [7, 11) is 0. The first-order valence-electron chi connectivity index (χ1n) is 6.00. The molecule has 4 nitrogen and oxygen atoms in total. The van der Waals surface area contributed by atoms with Crippen LogP contribution in [0.15, 0.2) is 23.5 Å². The second-order valence-corrected chi connectivity index (χ2v) is 5.47. The molecule has 0 aliphatic heterocycles. The lowest BCUT2D eigenvalue weighted by molar-refractivity contribution is -0.133. The highest BCUT2D eigenvalue weighted by molar-refractivity contribution is 7.99. The molecule has 2 rings (SSSR count). The molecule has 0 radical (unpaired) electrons. The fourth-order valence-electron chi connectivity index (χ4n) is 1.83. The molecule has 0 unspecified atom stereocenters. The number of hydrogen-bond donors (Lipinski definition) is 1. The SMILES string of the molecule is CCc1cnc(SCC(=O)O)n1-c1c(F)cc(F)cc1Cl. The maximum atomic E-state index is 14.1. The van der Waals surface area contributed by atoms with Crippen molar-refractivity contribution in [2.45, 2.75) is 18.5 Å². The molecular formula is C13H11ClF2N2O2S. The zero-order chi connectivity index (χ0) is 15.6. The van der Waals surface area contributed by atoms with Crippen LogP contribution < -0.4 is 0 Å². The first kappa shape index (κ1) is 15.8. The molecule has 1 aromatic carbocycles. The minimum absolute atomic E-state index is 0.0275. The number of rotatable bonds is 5. The van der Waals surface area contributed by atoms with Crippen molar-refractivity contribution in [1.82, 2.24) is 9.55 Å². The van der Waals surface area contributed by atoms with Gasteiger partial charge in [-0.05, 0) is 12.5 Å². The van der Waals surface area contributed by atoms with E-state index in [2.05, 4.69) is 4.98 Å². The molecule has 0 spiro atoms. The van der Waals surface area contributed by atoms with Crippen LogP contribution in [-0.2, 0) is 11.2 Å². The summed E-state index contributed by atoms with van der Waals surface area (Å²) in [5, 5.41) is 8.93. The molecule has 0 amide bonds. The van der Waals surface area contributed by atoms with Gasteiger partial charge in [0, 0.05) is 18.0 Å². The van der Waals surface area contributed by atoms with Crippen LogP contribution in [0.3, 0.4) is 0 Å². The third-order valence-corrected chi connectivity index (χ3v) is 3.92. The third kappa shape index (κ3) is 3.36. The Bertz CT molecular complexity index is 668. The standard InChI is InChI=1S/C13H11ClF2N2O2S/c1-2-8-5-17-13(21-6-11(19)20)18(8)12-9(14)3-7(15)4-10(12)16/h3-5H,2,6H2,1H3,(H,19,20). The van der Waals surface area contributed by atoms with Gasteiger partial charge in [0.25, 0.3) is 0 Å². The summed E-state index contributed by atoms with van der Waals surface area (Å²) in [5.74, 6) is -2.84. The highest BCUT2D eigenvalue weighted by atomic mass is 35.5. The fraction of sp³-hybridized carbons (Fsp3) is 0.231. The van der Waals surface area contributed by atoms with E-state index in [0.29, 0.717) is 17.3 Å². The molecule has 0 atom stereocenters. The molecule has 0 aliphatic carbocycles. The van der Waals surface area contributed by atoms with Crippen LogP contribution in [0.1, 0.15) is 12.6 Å². The predicted molar refractivity (Wildman–Crippen MR) is 76.2 cm³/mol. The summed E-state index contributed by atoms with van der Waals surface area (Å²) >= 11 is 6.88. The van der Waals surface area contributed by atoms with E-state index in [0.717, 1.165) is 23.9 Å². The van der Waals surface area contributed by atoms with Crippen molar-refractivity contribution < 1.29 is 18.7 Å². The Morgan fingerprint density at radius 1 is 1.48 bits per heavy atom. The van der Waals surface area contributed by atoms with E-state index < -0.39 is 17.6 Å². The van der Waals surface area contributed by atoms with Crippen LogP contribution in [-0.4, -0.2) is 26.4 Å². The Balaban J connectivity index is 2.56. The third-order valence-electron chi connectivity index (χ3n) is 2.69. The maximum Gasteiger partial charge on any atom is 0.313 e. The summed E-state index contributed by atoms with van der Waals surface area (Å²) in [6.07, 6.45) is 2.05. The molecule has 0 saturated heterocycles. The number of carboxylic acids is 1. The number of imidazole rings is 1. The molecule has 1 aromatic heterocycles. The van der Waals surface area contributed by atoms with Gasteiger partial charge in [-0.3, -0.25) is 9.36 Å². The lowest BCUT2D eigenvalue weighted by Gasteiger charge is -2.13. The van der Waals surface area contributed by atoms with E-state index in [-0.39, 0.29) is 16.5 Å². The summed E-state index contributed by atoms with van der Waals surface area (Å²) < 4.78 is 28.6. The summed E-state index contributed by atoms with van der Waals surface area (Å²) in [5.41, 5.74) is 0.621. The highest BCUT2D eigenvalue weighted by Gasteiger charge is 2.19. The van der Waals surface area contributed by atoms with Crippen molar-refractivity contribution >= 4 is 29.3 Å². The molecule has 0 saturated carbocycles. The van der Waals surface area contributed by atoms with Crippen LogP contribution in [0.5, 0.6) is 0 Å². The molecule has 0 aliphatic rings. The van der Waals surface area contributed by atoms with Crippen LogP contribution in [0, 0.1) is 11.6 Å². The lowest BCUT2D eigenvalue weighted by Crippen LogP contribution is -2.07. The van der Waals surface area contributed by atoms with Gasteiger partial charge >= 0.3 is 5.97 Å². The van der Waals surface area contributed by atoms with Gasteiger partial charge in [-0.1, -0.05) is 30.3 Å². The minimum Gasteiger partial charge on any atom is -0.481 e. The average Bonchev–Trinajstić information content (AvgIpc) is 2.78. The molecule has 2 aromatic rings. The number of carbonyl (C=O) groups is 1. The number of aliphatic carboxylic acids is 1. The average molecular weight is 333 g/mol. The van der Waals surface area contributed by atoms with Crippen molar-refractivity contribution in [3.8, 4) is 5.69 Å². The van der Waals surface area contributed by atoms with Crippen molar-refractivity contribution in [2.75, 3.05) is 5.75 Å². The van der Waals surface area contributed by atoms with Crippen molar-refractivity contribution in [1.29, 1.82) is 0 Å². The molecule has 21 heavy (non-hydrogen) atoms. The Morgan fingerprint density at radius 3 is 2.76 bits per heavy atom. The Morgan fingerprint density at radius 2 is 2.19 bits per heavy atom. The second kappa shape index (κ2) is 6.44. The van der Waals surface area contributed by atoms with E-state index in [9.17, 15) is 13.6 Å². The molecule has 8 heteroatoms. The maximum absolute atomic E-state index is 14.1. The number of hydrogen-bond acceptors (Lipinski definition) is 3. The van der Waals surface area contributed by atoms with Crippen LogP contribution in [0.4, 0.5) is 8.78 Å². The first-order chi connectivity index (χ1) is 9.93. The van der Waals surface area contributed by atoms with Gasteiger partial charge < -0.3 is 5.11 Å². The lowest BCUT2D eigenvalue weighted by atomic mass is 10.2. The Labute approximate surface area is 128 Å². The predicted octanol–water partition coefficient (Wildman–Crippen LogP) is 3.54. The Kier molecular flexibility index (Phi) is 4.84. The number of aromatic nitrogens is 2. The van der Waals surface area contributed by atoms with Gasteiger partial charge in [0.2, 0.25) is 0 Å². The van der Waals surface area contributed by atoms with Crippen molar-refractivity contribution in [3.63, 3.8) is 0 Å². The number of thioether (sulfide) groups is 1. The quantitative estimate of drug-likeness (QED) is 0.851. The van der Waals surface area contributed by atoms with Gasteiger partial charge in [0.05, 0.1) is 10.8 Å². The van der Waals surface area contributed by atoms with Crippen molar-refractivity contribution in [2.24, 2.45) is 0 Å². The van der Waals surface area contributed by atoms with Crippen LogP contribution in [0.2, 0.25) is 5.02 Å². The molecule has 112 valence electrons.